The number of hydrogen-bond donors (Lipinski definition) is 1. The molecule has 0 radical (unpaired) electrons. The first-order chi connectivity index (χ1) is 8.86. The fourth-order valence-electron chi connectivity index (χ4n) is 2.27. The third kappa shape index (κ3) is 2.96. The minimum Gasteiger partial charge on any atom is -0.339 e. The lowest BCUT2D eigenvalue weighted by molar-refractivity contribution is 0.359. The number of aryl methyl sites for hydroxylation is 1. The molecular weight excluding hydrogens is 262 g/mol. The van der Waals surface area contributed by atoms with Gasteiger partial charge in [-0.1, -0.05) is 36.3 Å². The first-order valence-electron chi connectivity index (χ1n) is 6.50. The van der Waals surface area contributed by atoms with Crippen LogP contribution in [0.5, 0.6) is 0 Å². The summed E-state index contributed by atoms with van der Waals surface area (Å²) in [6.45, 7) is 4.12. The monoisotopic (exact) mass is 279 g/mol. The third-order valence-electron chi connectivity index (χ3n) is 3.47. The molecule has 0 amide bonds. The standard InChI is InChI=1S/C14H17N3O.ClH/c1-2-10-3-5-11(6-4-10)13-16-14(18-17-13)12-7-8-15-9-12;/h3-6,12,15H,2,7-9H2,1H3;1H/t12-;/m0./s1. The molecule has 1 N–H and O–H groups in total. The summed E-state index contributed by atoms with van der Waals surface area (Å²) >= 11 is 0. The minimum atomic E-state index is 0. The second kappa shape index (κ2) is 6.17. The highest BCUT2D eigenvalue weighted by Crippen LogP contribution is 2.23. The van der Waals surface area contributed by atoms with Crippen LogP contribution in [0.3, 0.4) is 0 Å². The Balaban J connectivity index is 0.00000133. The molecule has 0 spiro atoms. The van der Waals surface area contributed by atoms with E-state index in [0.717, 1.165) is 37.4 Å². The molecule has 2 heterocycles. The summed E-state index contributed by atoms with van der Waals surface area (Å²) in [6.07, 6.45) is 2.13. The molecule has 5 heteroatoms. The van der Waals surface area contributed by atoms with Crippen LogP contribution < -0.4 is 5.32 Å². The van der Waals surface area contributed by atoms with Crippen LogP contribution in [0, 0.1) is 0 Å². The summed E-state index contributed by atoms with van der Waals surface area (Å²) in [5, 5.41) is 7.38. The molecule has 0 unspecified atom stereocenters. The number of halogens is 1. The number of nitrogens with one attached hydrogen (secondary N) is 1. The minimum absolute atomic E-state index is 0. The maximum atomic E-state index is 5.36. The molecule has 2 aromatic rings. The molecule has 0 aliphatic carbocycles. The van der Waals surface area contributed by atoms with Crippen LogP contribution in [0.25, 0.3) is 11.4 Å². The van der Waals surface area contributed by atoms with Crippen molar-refractivity contribution >= 4 is 12.4 Å². The molecular formula is C14H18ClN3O. The van der Waals surface area contributed by atoms with Crippen LogP contribution in [0.2, 0.25) is 0 Å². The zero-order valence-electron chi connectivity index (χ0n) is 10.9. The average molecular weight is 280 g/mol. The van der Waals surface area contributed by atoms with Crippen molar-refractivity contribution in [1.29, 1.82) is 0 Å². The van der Waals surface area contributed by atoms with Gasteiger partial charge in [-0.25, -0.2) is 0 Å². The molecule has 1 aromatic carbocycles. The van der Waals surface area contributed by atoms with Crippen molar-refractivity contribution < 1.29 is 4.52 Å². The smallest absolute Gasteiger partial charge is 0.231 e. The van der Waals surface area contributed by atoms with Crippen LogP contribution in [0.1, 0.15) is 30.7 Å². The molecule has 102 valence electrons. The van der Waals surface area contributed by atoms with Crippen LogP contribution in [0.4, 0.5) is 0 Å². The highest BCUT2D eigenvalue weighted by Gasteiger charge is 2.22. The SMILES string of the molecule is CCc1ccc(-c2noc([C@H]3CCNC3)n2)cc1.Cl. The fourth-order valence-corrected chi connectivity index (χ4v) is 2.27. The van der Waals surface area contributed by atoms with Gasteiger partial charge in [-0.3, -0.25) is 0 Å². The molecule has 1 aliphatic rings. The molecule has 1 atom stereocenters. The van der Waals surface area contributed by atoms with Crippen LogP contribution >= 0.6 is 12.4 Å². The van der Waals surface area contributed by atoms with Crippen molar-refractivity contribution in [2.75, 3.05) is 13.1 Å². The van der Waals surface area contributed by atoms with Crippen molar-refractivity contribution in [3.8, 4) is 11.4 Å². The Kier molecular flexibility index (Phi) is 4.56. The Morgan fingerprint density at radius 1 is 1.32 bits per heavy atom. The van der Waals surface area contributed by atoms with E-state index < -0.39 is 0 Å². The fraction of sp³-hybridized carbons (Fsp3) is 0.429. The summed E-state index contributed by atoms with van der Waals surface area (Å²) in [7, 11) is 0. The quantitative estimate of drug-likeness (QED) is 0.939. The van der Waals surface area contributed by atoms with E-state index in [1.165, 1.54) is 5.56 Å². The lowest BCUT2D eigenvalue weighted by atomic mass is 10.1. The molecule has 4 nitrogen and oxygen atoms in total. The number of aromatic nitrogens is 2. The number of rotatable bonds is 3. The summed E-state index contributed by atoms with van der Waals surface area (Å²) in [4.78, 5) is 4.50. The summed E-state index contributed by atoms with van der Waals surface area (Å²) < 4.78 is 5.36. The van der Waals surface area contributed by atoms with Crippen LogP contribution in [0.15, 0.2) is 28.8 Å². The summed E-state index contributed by atoms with van der Waals surface area (Å²) in [5.74, 6) is 1.83. The van der Waals surface area contributed by atoms with E-state index >= 15 is 0 Å². The first-order valence-corrected chi connectivity index (χ1v) is 6.50. The molecule has 1 saturated heterocycles. The maximum absolute atomic E-state index is 5.36. The third-order valence-corrected chi connectivity index (χ3v) is 3.47. The van der Waals surface area contributed by atoms with Gasteiger partial charge < -0.3 is 9.84 Å². The van der Waals surface area contributed by atoms with E-state index in [1.54, 1.807) is 0 Å². The molecule has 1 aliphatic heterocycles. The van der Waals surface area contributed by atoms with Gasteiger partial charge in [0.15, 0.2) is 0 Å². The Bertz CT molecular complexity index is 518. The Morgan fingerprint density at radius 2 is 2.11 bits per heavy atom. The van der Waals surface area contributed by atoms with E-state index in [9.17, 15) is 0 Å². The van der Waals surface area contributed by atoms with Crippen molar-refractivity contribution in [3.63, 3.8) is 0 Å². The predicted octanol–water partition coefficient (Wildman–Crippen LogP) is 2.80. The highest BCUT2D eigenvalue weighted by molar-refractivity contribution is 5.85. The van der Waals surface area contributed by atoms with Gasteiger partial charge in [0.2, 0.25) is 11.7 Å². The van der Waals surface area contributed by atoms with E-state index in [4.69, 9.17) is 4.52 Å². The highest BCUT2D eigenvalue weighted by atomic mass is 35.5. The largest absolute Gasteiger partial charge is 0.339 e. The predicted molar refractivity (Wildman–Crippen MR) is 76.6 cm³/mol. The lowest BCUT2D eigenvalue weighted by Crippen LogP contribution is -2.08. The Hall–Kier alpha value is -1.39. The van der Waals surface area contributed by atoms with Gasteiger partial charge in [0, 0.05) is 12.1 Å². The number of nitrogens with zero attached hydrogens (tertiary/aromatic N) is 2. The number of benzene rings is 1. The first kappa shape index (κ1) is 14.0. The zero-order chi connectivity index (χ0) is 12.4. The Morgan fingerprint density at radius 3 is 2.74 bits per heavy atom. The van der Waals surface area contributed by atoms with Gasteiger partial charge >= 0.3 is 0 Å². The molecule has 1 fully saturated rings. The van der Waals surface area contributed by atoms with Crippen molar-refractivity contribution in [2.45, 2.75) is 25.7 Å². The Labute approximate surface area is 119 Å². The molecule has 19 heavy (non-hydrogen) atoms. The topological polar surface area (TPSA) is 51.0 Å². The van der Waals surface area contributed by atoms with Crippen LogP contribution in [-0.2, 0) is 6.42 Å². The number of hydrogen-bond acceptors (Lipinski definition) is 4. The van der Waals surface area contributed by atoms with Gasteiger partial charge in [-0.15, -0.1) is 12.4 Å². The second-order valence-electron chi connectivity index (χ2n) is 4.70. The van der Waals surface area contributed by atoms with Gasteiger partial charge in [0.25, 0.3) is 0 Å². The van der Waals surface area contributed by atoms with Gasteiger partial charge in [-0.2, -0.15) is 4.98 Å². The van der Waals surface area contributed by atoms with E-state index in [1.807, 2.05) is 0 Å². The summed E-state index contributed by atoms with van der Waals surface area (Å²) in [5.41, 5.74) is 2.34. The van der Waals surface area contributed by atoms with Crippen LogP contribution in [-0.4, -0.2) is 23.2 Å². The molecule has 0 bridgehead atoms. The lowest BCUT2D eigenvalue weighted by Gasteiger charge is -1.99. The maximum Gasteiger partial charge on any atom is 0.231 e. The van der Waals surface area contributed by atoms with E-state index in [0.29, 0.717) is 11.7 Å². The summed E-state index contributed by atoms with van der Waals surface area (Å²) in [6, 6.07) is 8.34. The molecule has 1 aromatic heterocycles. The van der Waals surface area contributed by atoms with E-state index in [-0.39, 0.29) is 12.4 Å². The normalized spacial score (nSPS) is 18.3. The average Bonchev–Trinajstić information content (AvgIpc) is 3.09. The molecule has 3 rings (SSSR count). The van der Waals surface area contributed by atoms with Crippen molar-refractivity contribution in [1.82, 2.24) is 15.5 Å². The van der Waals surface area contributed by atoms with Gasteiger partial charge in [0.05, 0.1) is 5.92 Å². The van der Waals surface area contributed by atoms with Crippen molar-refractivity contribution in [2.24, 2.45) is 0 Å². The second-order valence-corrected chi connectivity index (χ2v) is 4.70. The van der Waals surface area contributed by atoms with Gasteiger partial charge in [0.1, 0.15) is 0 Å². The zero-order valence-corrected chi connectivity index (χ0v) is 11.7. The molecule has 0 saturated carbocycles. The van der Waals surface area contributed by atoms with E-state index in [2.05, 4.69) is 46.6 Å². The van der Waals surface area contributed by atoms with Crippen molar-refractivity contribution in [3.05, 3.63) is 35.7 Å². The van der Waals surface area contributed by atoms with Gasteiger partial charge in [-0.05, 0) is 24.9 Å².